The van der Waals surface area contributed by atoms with Gasteiger partial charge in [0.2, 0.25) is 0 Å². The summed E-state index contributed by atoms with van der Waals surface area (Å²) in [5.74, 6) is 0. The summed E-state index contributed by atoms with van der Waals surface area (Å²) in [7, 11) is 0. The first-order valence-electron chi connectivity index (χ1n) is 2.91. The number of pyridine rings is 1. The Labute approximate surface area is 66.7 Å². The Bertz CT molecular complexity index is 239. The molecule has 5 heteroatoms. The molecular formula is C6H6NO3S-. The van der Waals surface area contributed by atoms with Crippen LogP contribution in [-0.2, 0) is 22.2 Å². The molecular weight excluding hydrogens is 166 g/mol. The van der Waals surface area contributed by atoms with Gasteiger partial charge >= 0.3 is 0 Å². The zero-order valence-corrected chi connectivity index (χ0v) is 6.41. The Hall–Kier alpha value is -0.780. The van der Waals surface area contributed by atoms with Crippen LogP contribution in [0.15, 0.2) is 24.4 Å². The molecule has 0 radical (unpaired) electrons. The maximum Gasteiger partial charge on any atom is 0.105 e. The normalized spacial score (nSPS) is 12.8. The highest BCUT2D eigenvalue weighted by Crippen LogP contribution is 1.96. The molecule has 0 bridgehead atoms. The fourth-order valence-corrected chi connectivity index (χ4v) is 0.809. The first kappa shape index (κ1) is 8.32. The molecule has 0 N–H and O–H groups in total. The van der Waals surface area contributed by atoms with E-state index < -0.39 is 11.4 Å². The minimum absolute atomic E-state index is 0.00302. The summed E-state index contributed by atoms with van der Waals surface area (Å²) < 4.78 is 24.1. The van der Waals surface area contributed by atoms with Gasteiger partial charge in [0.25, 0.3) is 0 Å². The topological polar surface area (TPSA) is 62.2 Å². The second-order valence-electron chi connectivity index (χ2n) is 1.79. The van der Waals surface area contributed by atoms with Gasteiger partial charge in [-0.3, -0.25) is 9.17 Å². The number of rotatable bonds is 3. The van der Waals surface area contributed by atoms with Gasteiger partial charge in [0.05, 0.1) is 17.1 Å². The van der Waals surface area contributed by atoms with Gasteiger partial charge in [0.1, 0.15) is 6.61 Å². The SMILES string of the molecule is O=S([O-])OCc1ccccn1. The van der Waals surface area contributed by atoms with Crippen LogP contribution >= 0.6 is 0 Å². The molecule has 0 fully saturated rings. The minimum Gasteiger partial charge on any atom is -0.750 e. The lowest BCUT2D eigenvalue weighted by molar-refractivity contribution is 0.287. The van der Waals surface area contributed by atoms with Gasteiger partial charge < -0.3 is 4.55 Å². The van der Waals surface area contributed by atoms with Crippen LogP contribution in [0.3, 0.4) is 0 Å². The molecule has 0 aliphatic rings. The summed E-state index contributed by atoms with van der Waals surface area (Å²) in [6.07, 6.45) is 1.58. The van der Waals surface area contributed by atoms with Gasteiger partial charge in [-0.2, -0.15) is 0 Å². The number of hydrogen-bond acceptors (Lipinski definition) is 4. The van der Waals surface area contributed by atoms with Crippen molar-refractivity contribution in [3.8, 4) is 0 Å². The third kappa shape index (κ3) is 3.22. The second-order valence-corrected chi connectivity index (χ2v) is 2.43. The van der Waals surface area contributed by atoms with E-state index in [-0.39, 0.29) is 6.61 Å². The van der Waals surface area contributed by atoms with Crippen LogP contribution in [0.4, 0.5) is 0 Å². The zero-order chi connectivity index (χ0) is 8.10. The molecule has 1 aromatic rings. The van der Waals surface area contributed by atoms with Gasteiger partial charge in [0, 0.05) is 6.20 Å². The van der Waals surface area contributed by atoms with Gasteiger partial charge in [-0.05, 0) is 12.1 Å². The van der Waals surface area contributed by atoms with Crippen LogP contribution in [0.2, 0.25) is 0 Å². The van der Waals surface area contributed by atoms with Crippen molar-refractivity contribution in [3.05, 3.63) is 30.1 Å². The predicted octanol–water partition coefficient (Wildman–Crippen LogP) is 0.392. The lowest BCUT2D eigenvalue weighted by atomic mass is 10.4. The summed E-state index contributed by atoms with van der Waals surface area (Å²) in [4.78, 5) is 3.85. The van der Waals surface area contributed by atoms with E-state index in [9.17, 15) is 8.76 Å². The number of aromatic nitrogens is 1. The predicted molar refractivity (Wildman–Crippen MR) is 37.9 cm³/mol. The standard InChI is InChI=1S/C6H7NO3S/c8-11(9)10-5-6-3-1-2-4-7-6/h1-4H,5H2,(H,8,9)/p-1. The van der Waals surface area contributed by atoms with Crippen LogP contribution < -0.4 is 0 Å². The molecule has 0 spiro atoms. The molecule has 1 unspecified atom stereocenters. The Balaban J connectivity index is 2.45. The fourth-order valence-electron chi connectivity index (χ4n) is 0.592. The average Bonchev–Trinajstić information content (AvgIpc) is 2.03. The van der Waals surface area contributed by atoms with Crippen LogP contribution in [-0.4, -0.2) is 13.7 Å². The molecule has 0 saturated heterocycles. The Morgan fingerprint density at radius 3 is 3.00 bits per heavy atom. The molecule has 0 aliphatic heterocycles. The molecule has 1 heterocycles. The maximum absolute atomic E-state index is 9.92. The molecule has 4 nitrogen and oxygen atoms in total. The Morgan fingerprint density at radius 1 is 1.64 bits per heavy atom. The minimum atomic E-state index is -2.46. The Kier molecular flexibility index (Phi) is 3.15. The van der Waals surface area contributed by atoms with Crippen LogP contribution in [0.1, 0.15) is 5.69 Å². The van der Waals surface area contributed by atoms with Crippen LogP contribution in [0.25, 0.3) is 0 Å². The van der Waals surface area contributed by atoms with Crippen molar-refractivity contribution < 1.29 is 12.9 Å². The van der Waals surface area contributed by atoms with Gasteiger partial charge in [0.15, 0.2) is 0 Å². The molecule has 60 valence electrons. The van der Waals surface area contributed by atoms with E-state index in [1.54, 1.807) is 24.4 Å². The third-order valence-electron chi connectivity index (χ3n) is 1.03. The van der Waals surface area contributed by atoms with E-state index in [4.69, 9.17) is 0 Å². The molecule has 1 rings (SSSR count). The highest BCUT2D eigenvalue weighted by molar-refractivity contribution is 7.74. The number of nitrogens with zero attached hydrogens (tertiary/aromatic N) is 1. The second kappa shape index (κ2) is 4.17. The fraction of sp³-hybridized carbons (Fsp3) is 0.167. The van der Waals surface area contributed by atoms with E-state index in [1.165, 1.54) is 0 Å². The molecule has 0 amide bonds. The largest absolute Gasteiger partial charge is 0.750 e. The van der Waals surface area contributed by atoms with Crippen LogP contribution in [0, 0.1) is 0 Å². The third-order valence-corrected chi connectivity index (χ3v) is 1.34. The summed E-state index contributed by atoms with van der Waals surface area (Å²) >= 11 is -2.46. The van der Waals surface area contributed by atoms with Gasteiger partial charge in [-0.25, -0.2) is 4.21 Å². The van der Waals surface area contributed by atoms with E-state index in [0.717, 1.165) is 0 Å². The monoisotopic (exact) mass is 172 g/mol. The molecule has 1 aromatic heterocycles. The van der Waals surface area contributed by atoms with E-state index in [2.05, 4.69) is 9.17 Å². The van der Waals surface area contributed by atoms with Crippen LogP contribution in [0.5, 0.6) is 0 Å². The van der Waals surface area contributed by atoms with Crippen molar-refractivity contribution in [1.29, 1.82) is 0 Å². The lowest BCUT2D eigenvalue weighted by Crippen LogP contribution is -1.97. The van der Waals surface area contributed by atoms with Crippen molar-refractivity contribution >= 4 is 11.4 Å². The van der Waals surface area contributed by atoms with Gasteiger partial charge in [-0.1, -0.05) is 6.07 Å². The van der Waals surface area contributed by atoms with E-state index in [0.29, 0.717) is 5.69 Å². The molecule has 11 heavy (non-hydrogen) atoms. The van der Waals surface area contributed by atoms with Gasteiger partial charge in [-0.15, -0.1) is 0 Å². The molecule has 0 aliphatic carbocycles. The van der Waals surface area contributed by atoms with Crippen molar-refractivity contribution in [3.63, 3.8) is 0 Å². The van der Waals surface area contributed by atoms with Crippen molar-refractivity contribution in [2.45, 2.75) is 6.61 Å². The highest BCUT2D eigenvalue weighted by Gasteiger charge is 1.91. The molecule has 1 atom stereocenters. The molecule has 0 saturated carbocycles. The summed E-state index contributed by atoms with van der Waals surface area (Å²) in [6.45, 7) is -0.00302. The summed E-state index contributed by atoms with van der Waals surface area (Å²) in [6, 6.07) is 5.20. The Morgan fingerprint density at radius 2 is 2.45 bits per heavy atom. The van der Waals surface area contributed by atoms with Crippen molar-refractivity contribution in [2.75, 3.05) is 0 Å². The maximum atomic E-state index is 9.92. The molecule has 0 aromatic carbocycles. The summed E-state index contributed by atoms with van der Waals surface area (Å²) in [5.41, 5.74) is 0.594. The summed E-state index contributed by atoms with van der Waals surface area (Å²) in [5, 5.41) is 0. The zero-order valence-electron chi connectivity index (χ0n) is 5.60. The van der Waals surface area contributed by atoms with E-state index >= 15 is 0 Å². The lowest BCUT2D eigenvalue weighted by Gasteiger charge is -2.03. The average molecular weight is 172 g/mol. The highest BCUT2D eigenvalue weighted by atomic mass is 32.2. The quantitative estimate of drug-likeness (QED) is 0.619. The van der Waals surface area contributed by atoms with Crippen molar-refractivity contribution in [1.82, 2.24) is 4.98 Å². The smallest absolute Gasteiger partial charge is 0.105 e. The first-order chi connectivity index (χ1) is 5.29. The van der Waals surface area contributed by atoms with Crippen molar-refractivity contribution in [2.24, 2.45) is 0 Å². The number of hydrogen-bond donors (Lipinski definition) is 0. The first-order valence-corrected chi connectivity index (χ1v) is 3.91. The van der Waals surface area contributed by atoms with E-state index in [1.807, 2.05) is 0 Å².